The lowest BCUT2D eigenvalue weighted by atomic mass is 10.0. The average Bonchev–Trinajstić information content (AvgIpc) is 3.18. The van der Waals surface area contributed by atoms with Gasteiger partial charge in [-0.3, -0.25) is 4.79 Å². The lowest BCUT2D eigenvalue weighted by Gasteiger charge is -2.09. The minimum atomic E-state index is -2.77. The zero-order valence-corrected chi connectivity index (χ0v) is 16.5. The van der Waals surface area contributed by atoms with Crippen LogP contribution in [0.15, 0.2) is 66.9 Å². The van der Waals surface area contributed by atoms with Gasteiger partial charge in [-0.1, -0.05) is 56.3 Å². The molecule has 152 valence electrons. The fraction of sp³-hybridized carbons (Fsp3) is 0.174. The first-order chi connectivity index (χ1) is 14.4. The van der Waals surface area contributed by atoms with Crippen molar-refractivity contribution in [2.75, 3.05) is 5.32 Å². The van der Waals surface area contributed by atoms with Crippen molar-refractivity contribution in [3.8, 4) is 11.3 Å². The molecule has 5 nitrogen and oxygen atoms in total. The summed E-state index contributed by atoms with van der Waals surface area (Å²) in [6.07, 6.45) is -1.50. The smallest absolute Gasteiger partial charge is 0.280 e. The number of nitrogens with zero attached hydrogens (tertiary/aromatic N) is 3. The number of fused-ring (bicyclic) bond motifs is 1. The monoisotopic (exact) mass is 406 g/mol. The summed E-state index contributed by atoms with van der Waals surface area (Å²) in [5, 5.41) is 6.78. The predicted octanol–water partition coefficient (Wildman–Crippen LogP) is 5.71. The highest BCUT2D eigenvalue weighted by Gasteiger charge is 2.21. The van der Waals surface area contributed by atoms with E-state index in [4.69, 9.17) is 0 Å². The van der Waals surface area contributed by atoms with Gasteiger partial charge in [0.05, 0.1) is 11.9 Å². The molecule has 1 N–H and O–H groups in total. The number of hydrogen-bond acceptors (Lipinski definition) is 3. The topological polar surface area (TPSA) is 59.3 Å². The maximum Gasteiger partial charge on any atom is 0.280 e. The van der Waals surface area contributed by atoms with Gasteiger partial charge in [0.25, 0.3) is 12.3 Å². The van der Waals surface area contributed by atoms with Crippen LogP contribution < -0.4 is 5.32 Å². The predicted molar refractivity (Wildman–Crippen MR) is 112 cm³/mol. The summed E-state index contributed by atoms with van der Waals surface area (Å²) < 4.78 is 28.3. The van der Waals surface area contributed by atoms with E-state index in [9.17, 15) is 13.6 Å². The van der Waals surface area contributed by atoms with E-state index in [1.165, 1.54) is 12.3 Å². The van der Waals surface area contributed by atoms with Crippen molar-refractivity contribution >= 4 is 17.2 Å². The third-order valence-corrected chi connectivity index (χ3v) is 4.87. The van der Waals surface area contributed by atoms with Crippen LogP contribution in [0.4, 0.5) is 14.5 Å². The molecule has 0 spiro atoms. The molecule has 2 aromatic carbocycles. The van der Waals surface area contributed by atoms with Crippen molar-refractivity contribution in [3.05, 3.63) is 83.7 Å². The van der Waals surface area contributed by atoms with Crippen molar-refractivity contribution < 1.29 is 13.6 Å². The Morgan fingerprint density at radius 3 is 2.37 bits per heavy atom. The zero-order chi connectivity index (χ0) is 21.3. The van der Waals surface area contributed by atoms with Crippen LogP contribution in [0.2, 0.25) is 0 Å². The molecule has 0 saturated carbocycles. The van der Waals surface area contributed by atoms with Gasteiger partial charge in [-0.15, -0.1) is 0 Å². The zero-order valence-electron chi connectivity index (χ0n) is 16.5. The van der Waals surface area contributed by atoms with Crippen molar-refractivity contribution in [2.45, 2.75) is 26.2 Å². The molecular weight excluding hydrogens is 386 g/mol. The number of rotatable bonds is 5. The summed E-state index contributed by atoms with van der Waals surface area (Å²) in [6, 6.07) is 17.8. The van der Waals surface area contributed by atoms with Crippen LogP contribution in [0, 0.1) is 0 Å². The first-order valence-electron chi connectivity index (χ1n) is 9.57. The number of nitrogens with one attached hydrogen (secondary N) is 1. The first kappa shape index (κ1) is 19.7. The summed E-state index contributed by atoms with van der Waals surface area (Å²) in [5.74, 6) is -0.0806. The highest BCUT2D eigenvalue weighted by atomic mass is 19.3. The maximum absolute atomic E-state index is 13.7. The van der Waals surface area contributed by atoms with Crippen LogP contribution in [0.25, 0.3) is 16.9 Å². The molecule has 0 fully saturated rings. The van der Waals surface area contributed by atoms with E-state index in [0.717, 1.165) is 10.1 Å². The SMILES string of the molecule is CC(C)c1ccc(NC(=O)c2cnn3c(C(F)F)cc(-c4ccccc4)nc23)cc1. The standard InChI is InChI=1S/C23H20F2N4O/c1-14(2)15-8-10-17(11-9-15)27-23(30)18-13-26-29-20(21(24)25)12-19(28-22(18)29)16-6-4-3-5-7-16/h3-14,21H,1-2H3,(H,27,30). The first-order valence-corrected chi connectivity index (χ1v) is 9.57. The number of aromatic nitrogens is 3. The van der Waals surface area contributed by atoms with Crippen LogP contribution in [0.5, 0.6) is 0 Å². The van der Waals surface area contributed by atoms with E-state index in [0.29, 0.717) is 22.9 Å². The maximum atomic E-state index is 13.7. The van der Waals surface area contributed by atoms with Gasteiger partial charge < -0.3 is 5.32 Å². The molecule has 0 radical (unpaired) electrons. The van der Waals surface area contributed by atoms with Crippen molar-refractivity contribution in [1.82, 2.24) is 14.6 Å². The number of alkyl halides is 2. The summed E-state index contributed by atoms with van der Waals surface area (Å²) in [4.78, 5) is 17.3. The lowest BCUT2D eigenvalue weighted by Crippen LogP contribution is -2.12. The van der Waals surface area contributed by atoms with E-state index < -0.39 is 12.3 Å². The molecule has 30 heavy (non-hydrogen) atoms. The third kappa shape index (κ3) is 3.78. The van der Waals surface area contributed by atoms with Gasteiger partial charge in [-0.2, -0.15) is 5.10 Å². The molecule has 0 saturated heterocycles. The summed E-state index contributed by atoms with van der Waals surface area (Å²) in [6.45, 7) is 4.17. The van der Waals surface area contributed by atoms with Crippen LogP contribution >= 0.6 is 0 Å². The third-order valence-electron chi connectivity index (χ3n) is 4.87. The van der Waals surface area contributed by atoms with E-state index in [-0.39, 0.29) is 16.9 Å². The molecule has 4 rings (SSSR count). The van der Waals surface area contributed by atoms with Gasteiger partial charge in [0, 0.05) is 11.3 Å². The Hall–Kier alpha value is -3.61. The highest BCUT2D eigenvalue weighted by Crippen LogP contribution is 2.27. The Kier molecular flexibility index (Phi) is 5.27. The van der Waals surface area contributed by atoms with Gasteiger partial charge in [0.15, 0.2) is 5.65 Å². The number of carbonyl (C=O) groups excluding carboxylic acids is 1. The molecule has 0 bridgehead atoms. The minimum Gasteiger partial charge on any atom is -0.322 e. The van der Waals surface area contributed by atoms with Crippen molar-refractivity contribution in [3.63, 3.8) is 0 Å². The fourth-order valence-electron chi connectivity index (χ4n) is 3.21. The van der Waals surface area contributed by atoms with E-state index in [2.05, 4.69) is 29.2 Å². The second-order valence-electron chi connectivity index (χ2n) is 7.26. The average molecular weight is 406 g/mol. The van der Waals surface area contributed by atoms with Gasteiger partial charge in [0.2, 0.25) is 0 Å². The van der Waals surface area contributed by atoms with Gasteiger partial charge in [-0.05, 0) is 29.7 Å². The van der Waals surface area contributed by atoms with E-state index >= 15 is 0 Å². The largest absolute Gasteiger partial charge is 0.322 e. The Labute approximate surface area is 172 Å². The molecule has 0 unspecified atom stereocenters. The van der Waals surface area contributed by atoms with Crippen LogP contribution in [0.3, 0.4) is 0 Å². The molecule has 0 aliphatic carbocycles. The molecule has 2 aromatic heterocycles. The Morgan fingerprint density at radius 1 is 1.03 bits per heavy atom. The molecule has 0 atom stereocenters. The van der Waals surface area contributed by atoms with Crippen molar-refractivity contribution in [1.29, 1.82) is 0 Å². The molecular formula is C23H20F2N4O. The lowest BCUT2D eigenvalue weighted by molar-refractivity contribution is 0.102. The molecule has 0 aliphatic rings. The number of carbonyl (C=O) groups is 1. The van der Waals surface area contributed by atoms with Crippen LogP contribution in [0.1, 0.15) is 47.8 Å². The van der Waals surface area contributed by atoms with Gasteiger partial charge >= 0.3 is 0 Å². The van der Waals surface area contributed by atoms with E-state index in [1.54, 1.807) is 24.3 Å². The number of anilines is 1. The summed E-state index contributed by atoms with van der Waals surface area (Å²) >= 11 is 0. The molecule has 4 aromatic rings. The molecule has 7 heteroatoms. The number of amides is 1. The minimum absolute atomic E-state index is 0.0861. The second-order valence-corrected chi connectivity index (χ2v) is 7.26. The molecule has 2 heterocycles. The second kappa shape index (κ2) is 8.02. The quantitative estimate of drug-likeness (QED) is 0.462. The Bertz CT molecular complexity index is 1190. The molecule has 1 amide bonds. The van der Waals surface area contributed by atoms with Crippen LogP contribution in [-0.2, 0) is 0 Å². The highest BCUT2D eigenvalue weighted by molar-refractivity contribution is 6.08. The van der Waals surface area contributed by atoms with E-state index in [1.807, 2.05) is 30.3 Å². The summed E-state index contributed by atoms with van der Waals surface area (Å²) in [7, 11) is 0. The van der Waals surface area contributed by atoms with Crippen molar-refractivity contribution in [2.24, 2.45) is 0 Å². The van der Waals surface area contributed by atoms with Gasteiger partial charge in [0.1, 0.15) is 11.3 Å². The Balaban J connectivity index is 1.73. The number of hydrogen-bond donors (Lipinski definition) is 1. The number of benzene rings is 2. The Morgan fingerprint density at radius 2 is 1.73 bits per heavy atom. The summed E-state index contributed by atoms with van der Waals surface area (Å²) in [5.41, 5.74) is 2.69. The fourth-order valence-corrected chi connectivity index (χ4v) is 3.21. The van der Waals surface area contributed by atoms with Gasteiger partial charge in [-0.25, -0.2) is 18.3 Å². The van der Waals surface area contributed by atoms with Crippen LogP contribution in [-0.4, -0.2) is 20.5 Å². The molecule has 0 aliphatic heterocycles. The number of halogens is 2. The normalized spacial score (nSPS) is 11.4.